The van der Waals surface area contributed by atoms with Crippen molar-refractivity contribution in [2.24, 2.45) is 11.7 Å². The molecule has 1 saturated heterocycles. The monoisotopic (exact) mass is 421 g/mol. The molecule has 3 atom stereocenters. The Kier molecular flexibility index (Phi) is 7.47. The Hall–Kier alpha value is -2.08. The lowest BCUT2D eigenvalue weighted by Crippen LogP contribution is -2.46. The molecule has 150 valence electrons. The van der Waals surface area contributed by atoms with Crippen LogP contribution in [0.3, 0.4) is 0 Å². The van der Waals surface area contributed by atoms with E-state index in [1.54, 1.807) is 18.0 Å². The van der Waals surface area contributed by atoms with Gasteiger partial charge in [0.15, 0.2) is 0 Å². The average molecular weight is 422 g/mol. The summed E-state index contributed by atoms with van der Waals surface area (Å²) in [5.74, 6) is -0.676. The summed E-state index contributed by atoms with van der Waals surface area (Å²) in [5, 5.41) is 0.528. The van der Waals surface area contributed by atoms with Crippen molar-refractivity contribution < 1.29 is 9.59 Å². The number of carbonyl (C=O) groups excluding carboxylic acids is 2. The maximum Gasteiger partial charge on any atom is 0.249 e. The number of likely N-dealkylation sites (N-methyl/N-ethyl adjacent to an activating group) is 1. The lowest BCUT2D eigenvalue weighted by molar-refractivity contribution is -0.140. The van der Waals surface area contributed by atoms with Crippen molar-refractivity contribution in [3.63, 3.8) is 0 Å². The van der Waals surface area contributed by atoms with Crippen LogP contribution in [0, 0.1) is 5.92 Å². The topological polar surface area (TPSA) is 66.6 Å². The average Bonchev–Trinajstić information content (AvgIpc) is 3.08. The van der Waals surface area contributed by atoms with Crippen molar-refractivity contribution in [1.29, 1.82) is 0 Å². The van der Waals surface area contributed by atoms with Gasteiger partial charge in [-0.2, -0.15) is 0 Å². The van der Waals surface area contributed by atoms with Gasteiger partial charge in [0.05, 0.1) is 16.6 Å². The van der Waals surface area contributed by atoms with Crippen molar-refractivity contribution in [2.75, 3.05) is 18.5 Å². The number of rotatable bonds is 5. The highest BCUT2D eigenvalue weighted by Gasteiger charge is 2.39. The van der Waals surface area contributed by atoms with E-state index in [0.717, 1.165) is 5.56 Å². The number of nitrogens with zero attached hydrogens (tertiary/aromatic N) is 2. The van der Waals surface area contributed by atoms with Crippen LogP contribution in [0.2, 0.25) is 5.02 Å². The molecular formula is C21H25Cl2N3O2. The molecule has 28 heavy (non-hydrogen) atoms. The fraction of sp³-hybridized carbons (Fsp3) is 0.333. The minimum atomic E-state index is -0.501. The summed E-state index contributed by atoms with van der Waals surface area (Å²) in [7, 11) is 1.68. The molecule has 0 aliphatic carbocycles. The summed E-state index contributed by atoms with van der Waals surface area (Å²) >= 11 is 6.23. The van der Waals surface area contributed by atoms with E-state index in [2.05, 4.69) is 0 Å². The Labute approximate surface area is 176 Å². The third-order valence-electron chi connectivity index (χ3n) is 5.25. The van der Waals surface area contributed by atoms with Crippen LogP contribution >= 0.6 is 24.0 Å². The zero-order chi connectivity index (χ0) is 19.6. The molecule has 2 amide bonds. The Morgan fingerprint density at radius 3 is 2.43 bits per heavy atom. The quantitative estimate of drug-likeness (QED) is 0.800. The first-order chi connectivity index (χ1) is 12.9. The first kappa shape index (κ1) is 22.2. The van der Waals surface area contributed by atoms with E-state index in [4.69, 9.17) is 17.3 Å². The first-order valence-corrected chi connectivity index (χ1v) is 9.42. The number of benzene rings is 2. The molecule has 0 radical (unpaired) electrons. The Morgan fingerprint density at radius 2 is 1.79 bits per heavy atom. The molecule has 7 heteroatoms. The predicted molar refractivity (Wildman–Crippen MR) is 115 cm³/mol. The molecule has 2 N–H and O–H groups in total. The van der Waals surface area contributed by atoms with Gasteiger partial charge in [0.2, 0.25) is 11.8 Å². The standard InChI is InChI=1S/C21H24ClN3O2.ClH/c1-14(19(23)15-8-4-3-5-9-15)20(26)24(2)18-12-13-25(21(18)27)17-11-7-6-10-16(17)22;/h3-11,14,18-19H,12-13,23H2,1-2H3;1H. The molecule has 1 heterocycles. The SMILES string of the molecule is CC(C(=O)N(C)C1CCN(c2ccccc2Cl)C1=O)C(N)c1ccccc1.Cl. The molecule has 3 rings (SSSR count). The van der Waals surface area contributed by atoms with E-state index >= 15 is 0 Å². The summed E-state index contributed by atoms with van der Waals surface area (Å²) < 4.78 is 0. The fourth-order valence-corrected chi connectivity index (χ4v) is 3.76. The molecule has 1 aliphatic heterocycles. The highest BCUT2D eigenvalue weighted by Crippen LogP contribution is 2.31. The van der Waals surface area contributed by atoms with Gasteiger partial charge >= 0.3 is 0 Å². The third-order valence-corrected chi connectivity index (χ3v) is 5.57. The summed E-state index contributed by atoms with van der Waals surface area (Å²) in [6.07, 6.45) is 0.569. The van der Waals surface area contributed by atoms with E-state index in [9.17, 15) is 9.59 Å². The summed E-state index contributed by atoms with van der Waals surface area (Å²) in [5.41, 5.74) is 7.88. The van der Waals surface area contributed by atoms with E-state index in [-0.39, 0.29) is 24.2 Å². The van der Waals surface area contributed by atoms with Crippen molar-refractivity contribution in [2.45, 2.75) is 25.4 Å². The van der Waals surface area contributed by atoms with Crippen LogP contribution in [-0.4, -0.2) is 36.3 Å². The minimum Gasteiger partial charge on any atom is -0.333 e. The second-order valence-corrected chi connectivity index (χ2v) is 7.33. The lowest BCUT2D eigenvalue weighted by atomic mass is 9.94. The minimum absolute atomic E-state index is 0. The number of hydrogen-bond acceptors (Lipinski definition) is 3. The van der Waals surface area contributed by atoms with Crippen molar-refractivity contribution in [1.82, 2.24) is 4.90 Å². The van der Waals surface area contributed by atoms with Crippen LogP contribution < -0.4 is 10.6 Å². The van der Waals surface area contributed by atoms with Crippen LogP contribution in [0.1, 0.15) is 24.9 Å². The molecule has 0 spiro atoms. The van der Waals surface area contributed by atoms with Crippen LogP contribution in [-0.2, 0) is 9.59 Å². The van der Waals surface area contributed by atoms with Gasteiger partial charge in [0.25, 0.3) is 0 Å². The molecule has 0 saturated carbocycles. The van der Waals surface area contributed by atoms with E-state index in [1.807, 2.05) is 55.5 Å². The van der Waals surface area contributed by atoms with Crippen LogP contribution in [0.4, 0.5) is 5.69 Å². The number of nitrogens with two attached hydrogens (primary N) is 1. The fourth-order valence-electron chi connectivity index (χ4n) is 3.53. The molecule has 0 aromatic heterocycles. The van der Waals surface area contributed by atoms with Gasteiger partial charge in [-0.3, -0.25) is 9.59 Å². The van der Waals surface area contributed by atoms with Crippen LogP contribution in [0.5, 0.6) is 0 Å². The van der Waals surface area contributed by atoms with Gasteiger partial charge in [0.1, 0.15) is 6.04 Å². The van der Waals surface area contributed by atoms with Crippen molar-refractivity contribution >= 4 is 41.5 Å². The molecular weight excluding hydrogens is 397 g/mol. The van der Waals surface area contributed by atoms with Gasteiger partial charge in [0, 0.05) is 19.6 Å². The first-order valence-electron chi connectivity index (χ1n) is 9.05. The van der Waals surface area contributed by atoms with Crippen molar-refractivity contribution in [3.05, 3.63) is 65.2 Å². The number of anilines is 1. The maximum absolute atomic E-state index is 12.9. The summed E-state index contributed by atoms with van der Waals surface area (Å²) in [6.45, 7) is 2.34. The molecule has 1 aliphatic rings. The lowest BCUT2D eigenvalue weighted by Gasteiger charge is -2.29. The molecule has 2 aromatic rings. The number of para-hydroxylation sites is 1. The van der Waals surface area contributed by atoms with Gasteiger partial charge in [-0.05, 0) is 24.1 Å². The molecule has 5 nitrogen and oxygen atoms in total. The van der Waals surface area contributed by atoms with Gasteiger partial charge in [-0.25, -0.2) is 0 Å². The maximum atomic E-state index is 12.9. The zero-order valence-corrected chi connectivity index (χ0v) is 17.5. The van der Waals surface area contributed by atoms with Gasteiger partial charge in [-0.1, -0.05) is 61.0 Å². The largest absolute Gasteiger partial charge is 0.333 e. The highest BCUT2D eigenvalue weighted by atomic mass is 35.5. The van der Waals surface area contributed by atoms with Crippen LogP contribution in [0.25, 0.3) is 0 Å². The van der Waals surface area contributed by atoms with E-state index in [0.29, 0.717) is 23.7 Å². The number of carbonyl (C=O) groups is 2. The second kappa shape index (κ2) is 9.41. The van der Waals surface area contributed by atoms with E-state index in [1.165, 1.54) is 4.90 Å². The van der Waals surface area contributed by atoms with E-state index < -0.39 is 18.0 Å². The Morgan fingerprint density at radius 1 is 1.18 bits per heavy atom. The van der Waals surface area contributed by atoms with Gasteiger partial charge in [-0.15, -0.1) is 12.4 Å². The predicted octanol–water partition coefficient (Wildman–Crippen LogP) is 3.66. The Balaban J connectivity index is 0.00000280. The number of hydrogen-bond donors (Lipinski definition) is 1. The molecule has 2 aromatic carbocycles. The van der Waals surface area contributed by atoms with Crippen molar-refractivity contribution in [3.8, 4) is 0 Å². The second-order valence-electron chi connectivity index (χ2n) is 6.92. The summed E-state index contributed by atoms with van der Waals surface area (Å²) in [6, 6.07) is 15.9. The van der Waals surface area contributed by atoms with Crippen LogP contribution in [0.15, 0.2) is 54.6 Å². The highest BCUT2D eigenvalue weighted by molar-refractivity contribution is 6.34. The van der Waals surface area contributed by atoms with Gasteiger partial charge < -0.3 is 15.5 Å². The number of halogens is 2. The summed E-state index contributed by atoms with van der Waals surface area (Å²) in [4.78, 5) is 29.0. The third kappa shape index (κ3) is 4.32. The normalized spacial score (nSPS) is 18.4. The zero-order valence-electron chi connectivity index (χ0n) is 15.9. The molecule has 1 fully saturated rings. The molecule has 3 unspecified atom stereocenters. The molecule has 0 bridgehead atoms. The smallest absolute Gasteiger partial charge is 0.249 e. The number of amides is 2. The Bertz CT molecular complexity index is 831.